The van der Waals surface area contributed by atoms with E-state index >= 15 is 0 Å². The minimum atomic E-state index is -3.56. The standard InChI is InChI=1S/C5H8F2O3S/c1-11(8,9)10-3-4-2-5(4,6)7/h4H,2-3H2,1H3/t4-/m0/s1. The minimum absolute atomic E-state index is 0.261. The Morgan fingerprint density at radius 2 is 2.09 bits per heavy atom. The summed E-state index contributed by atoms with van der Waals surface area (Å²) in [5.74, 6) is -3.61. The highest BCUT2D eigenvalue weighted by Crippen LogP contribution is 2.48. The van der Waals surface area contributed by atoms with Crippen LogP contribution in [0, 0.1) is 5.92 Å². The Balaban J connectivity index is 2.27. The molecule has 66 valence electrons. The molecular weight excluding hydrogens is 178 g/mol. The first kappa shape index (κ1) is 8.86. The Hall–Kier alpha value is -0.230. The van der Waals surface area contributed by atoms with Crippen LogP contribution in [0.3, 0.4) is 0 Å². The molecule has 1 aliphatic rings. The SMILES string of the molecule is CS(=O)(=O)OC[C@@H]1CC1(F)F. The first-order valence-corrected chi connectivity index (χ1v) is 4.85. The first-order valence-electron chi connectivity index (χ1n) is 3.03. The summed E-state index contributed by atoms with van der Waals surface area (Å²) >= 11 is 0. The lowest BCUT2D eigenvalue weighted by atomic mass is 10.5. The Kier molecular flexibility index (Phi) is 1.92. The molecule has 0 aromatic carbocycles. The molecule has 3 nitrogen and oxygen atoms in total. The van der Waals surface area contributed by atoms with Crippen LogP contribution in [0.2, 0.25) is 0 Å². The van der Waals surface area contributed by atoms with Crippen LogP contribution in [0.1, 0.15) is 6.42 Å². The number of hydrogen-bond acceptors (Lipinski definition) is 3. The van der Waals surface area contributed by atoms with Crippen molar-refractivity contribution in [3.8, 4) is 0 Å². The van der Waals surface area contributed by atoms with Crippen molar-refractivity contribution in [3.63, 3.8) is 0 Å². The van der Waals surface area contributed by atoms with Crippen molar-refractivity contribution in [2.24, 2.45) is 5.92 Å². The third kappa shape index (κ3) is 2.70. The van der Waals surface area contributed by atoms with Crippen molar-refractivity contribution in [1.29, 1.82) is 0 Å². The second-order valence-electron chi connectivity index (χ2n) is 2.65. The lowest BCUT2D eigenvalue weighted by Gasteiger charge is -1.98. The molecule has 0 saturated heterocycles. The van der Waals surface area contributed by atoms with Crippen molar-refractivity contribution in [3.05, 3.63) is 0 Å². The fraction of sp³-hybridized carbons (Fsp3) is 1.00. The van der Waals surface area contributed by atoms with Gasteiger partial charge >= 0.3 is 0 Å². The molecule has 1 aliphatic carbocycles. The van der Waals surface area contributed by atoms with Gasteiger partial charge in [0.15, 0.2) is 0 Å². The molecule has 6 heteroatoms. The van der Waals surface area contributed by atoms with Gasteiger partial charge in [-0.15, -0.1) is 0 Å². The van der Waals surface area contributed by atoms with Gasteiger partial charge in [-0.2, -0.15) is 8.42 Å². The molecular formula is C5H8F2O3S. The van der Waals surface area contributed by atoms with Crippen LogP contribution >= 0.6 is 0 Å². The van der Waals surface area contributed by atoms with Gasteiger partial charge in [-0.1, -0.05) is 0 Å². The number of alkyl halides is 2. The monoisotopic (exact) mass is 186 g/mol. The molecule has 1 saturated carbocycles. The van der Waals surface area contributed by atoms with Gasteiger partial charge in [0, 0.05) is 6.42 Å². The van der Waals surface area contributed by atoms with E-state index in [1.165, 1.54) is 0 Å². The molecule has 0 amide bonds. The summed E-state index contributed by atoms with van der Waals surface area (Å²) in [7, 11) is -3.56. The molecule has 0 aromatic heterocycles. The van der Waals surface area contributed by atoms with Crippen LogP contribution in [0.15, 0.2) is 0 Å². The number of rotatable bonds is 3. The van der Waals surface area contributed by atoms with Crippen molar-refractivity contribution < 1.29 is 21.4 Å². The van der Waals surface area contributed by atoms with Gasteiger partial charge in [0.2, 0.25) is 0 Å². The van der Waals surface area contributed by atoms with Crippen LogP contribution in [-0.2, 0) is 14.3 Å². The third-order valence-corrected chi connectivity index (χ3v) is 2.00. The maximum absolute atomic E-state index is 12.1. The molecule has 1 fully saturated rings. The molecule has 0 aliphatic heterocycles. The van der Waals surface area contributed by atoms with Crippen LogP contribution in [0.4, 0.5) is 8.78 Å². The first-order chi connectivity index (χ1) is 4.81. The summed E-state index contributed by atoms with van der Waals surface area (Å²) in [5, 5.41) is 0. The molecule has 0 aromatic rings. The van der Waals surface area contributed by atoms with E-state index < -0.39 is 28.6 Å². The number of hydrogen-bond donors (Lipinski definition) is 0. The van der Waals surface area contributed by atoms with E-state index in [0.29, 0.717) is 0 Å². The van der Waals surface area contributed by atoms with Crippen LogP contribution in [-0.4, -0.2) is 27.2 Å². The summed E-state index contributed by atoms with van der Waals surface area (Å²) < 4.78 is 49.0. The van der Waals surface area contributed by atoms with Gasteiger partial charge in [0.1, 0.15) is 0 Å². The number of halogens is 2. The van der Waals surface area contributed by atoms with Crippen molar-refractivity contribution in [1.82, 2.24) is 0 Å². The molecule has 0 N–H and O–H groups in total. The highest BCUT2D eigenvalue weighted by Gasteiger charge is 2.57. The van der Waals surface area contributed by atoms with E-state index in [2.05, 4.69) is 4.18 Å². The topological polar surface area (TPSA) is 43.4 Å². The smallest absolute Gasteiger partial charge is 0.264 e. The second-order valence-corrected chi connectivity index (χ2v) is 4.29. The molecule has 11 heavy (non-hydrogen) atoms. The van der Waals surface area contributed by atoms with E-state index in [-0.39, 0.29) is 6.42 Å². The molecule has 0 spiro atoms. The summed E-state index contributed by atoms with van der Waals surface area (Å²) in [6, 6.07) is 0. The average molecular weight is 186 g/mol. The predicted molar refractivity (Wildman–Crippen MR) is 33.8 cm³/mol. The lowest BCUT2D eigenvalue weighted by molar-refractivity contribution is 0.0867. The summed E-state index contributed by atoms with van der Waals surface area (Å²) in [4.78, 5) is 0. The van der Waals surface area contributed by atoms with E-state index in [9.17, 15) is 17.2 Å². The fourth-order valence-electron chi connectivity index (χ4n) is 0.656. The highest BCUT2D eigenvalue weighted by atomic mass is 32.2. The Morgan fingerprint density at radius 1 is 1.64 bits per heavy atom. The zero-order chi connectivity index (χ0) is 8.70. The quantitative estimate of drug-likeness (QED) is 0.607. The Labute approximate surface area is 63.5 Å². The van der Waals surface area contributed by atoms with Gasteiger partial charge in [-0.25, -0.2) is 8.78 Å². The summed E-state index contributed by atoms with van der Waals surface area (Å²) in [6.45, 7) is -0.397. The molecule has 0 heterocycles. The maximum atomic E-state index is 12.1. The molecule has 1 rings (SSSR count). The van der Waals surface area contributed by atoms with Crippen molar-refractivity contribution in [2.45, 2.75) is 12.3 Å². The van der Waals surface area contributed by atoms with Crippen LogP contribution in [0.25, 0.3) is 0 Å². The minimum Gasteiger partial charge on any atom is -0.270 e. The van der Waals surface area contributed by atoms with Gasteiger partial charge < -0.3 is 0 Å². The average Bonchev–Trinajstić information content (AvgIpc) is 2.33. The van der Waals surface area contributed by atoms with Gasteiger partial charge in [0.25, 0.3) is 16.0 Å². The summed E-state index contributed by atoms with van der Waals surface area (Å²) in [5.41, 5.74) is 0. The third-order valence-electron chi connectivity index (χ3n) is 1.44. The second kappa shape index (κ2) is 2.38. The highest BCUT2D eigenvalue weighted by molar-refractivity contribution is 7.85. The zero-order valence-electron chi connectivity index (χ0n) is 5.88. The Morgan fingerprint density at radius 3 is 2.36 bits per heavy atom. The van der Waals surface area contributed by atoms with E-state index in [1.807, 2.05) is 0 Å². The van der Waals surface area contributed by atoms with E-state index in [1.54, 1.807) is 0 Å². The zero-order valence-corrected chi connectivity index (χ0v) is 6.70. The largest absolute Gasteiger partial charge is 0.270 e. The lowest BCUT2D eigenvalue weighted by Crippen LogP contribution is -2.08. The molecule has 0 radical (unpaired) electrons. The van der Waals surface area contributed by atoms with E-state index in [0.717, 1.165) is 6.26 Å². The van der Waals surface area contributed by atoms with Crippen molar-refractivity contribution >= 4 is 10.1 Å². The summed E-state index contributed by atoms with van der Waals surface area (Å²) in [6.07, 6.45) is 0.579. The van der Waals surface area contributed by atoms with Gasteiger partial charge in [-0.05, 0) is 0 Å². The van der Waals surface area contributed by atoms with Crippen molar-refractivity contribution in [2.75, 3.05) is 12.9 Å². The Bertz CT molecular complexity index is 246. The molecule has 1 atom stereocenters. The van der Waals surface area contributed by atoms with E-state index in [4.69, 9.17) is 0 Å². The molecule has 0 unspecified atom stereocenters. The normalized spacial score (nSPS) is 28.5. The predicted octanol–water partition coefficient (Wildman–Crippen LogP) is 0.618. The maximum Gasteiger partial charge on any atom is 0.264 e. The fourth-order valence-corrected chi connectivity index (χ4v) is 1.07. The van der Waals surface area contributed by atoms with Crippen LogP contribution in [0.5, 0.6) is 0 Å². The van der Waals surface area contributed by atoms with Gasteiger partial charge in [-0.3, -0.25) is 4.18 Å². The van der Waals surface area contributed by atoms with Crippen LogP contribution < -0.4 is 0 Å². The van der Waals surface area contributed by atoms with Gasteiger partial charge in [0.05, 0.1) is 18.8 Å². The molecule has 0 bridgehead atoms.